The van der Waals surface area contributed by atoms with Crippen molar-refractivity contribution in [3.05, 3.63) is 18.0 Å². The number of carbonyl (C=O) groups excluding carboxylic acids is 1. The maximum atomic E-state index is 12.0. The highest BCUT2D eigenvalue weighted by molar-refractivity contribution is 5.92. The number of ether oxygens (including phenoxy) is 2. The zero-order chi connectivity index (χ0) is 16.4. The molecule has 122 valence electrons. The number of hydrogen-bond donors (Lipinski definition) is 1. The summed E-state index contributed by atoms with van der Waals surface area (Å²) in [6.07, 6.45) is 1.73. The summed E-state index contributed by atoms with van der Waals surface area (Å²) in [6.45, 7) is 1.18. The molecule has 0 radical (unpaired) electrons. The molecule has 1 fully saturated rings. The van der Waals surface area contributed by atoms with Crippen LogP contribution in [0.4, 0.5) is 5.95 Å². The molecule has 1 aliphatic rings. The zero-order valence-electron chi connectivity index (χ0n) is 13.1. The van der Waals surface area contributed by atoms with Crippen LogP contribution in [0.3, 0.4) is 0 Å². The van der Waals surface area contributed by atoms with E-state index in [0.717, 1.165) is 0 Å². The first kappa shape index (κ1) is 15.0. The van der Waals surface area contributed by atoms with Crippen LogP contribution in [0, 0.1) is 0 Å². The molecule has 0 atom stereocenters. The standard InChI is InChI=1S/C13H17N7O3/c1-19-5-4-9(18-19)10(21)14-8-6-20(7-8)11-15-12(22-2)17-13(16-11)23-3/h4-5,8H,6-7H2,1-3H3,(H,14,21). The molecule has 0 saturated carbocycles. The fourth-order valence-electron chi connectivity index (χ4n) is 2.18. The van der Waals surface area contributed by atoms with Crippen LogP contribution in [0.15, 0.2) is 12.3 Å². The molecule has 1 N–H and O–H groups in total. The lowest BCUT2D eigenvalue weighted by atomic mass is 10.1. The van der Waals surface area contributed by atoms with Crippen LogP contribution in [-0.2, 0) is 7.05 Å². The Morgan fingerprint density at radius 3 is 2.39 bits per heavy atom. The molecule has 3 heterocycles. The van der Waals surface area contributed by atoms with Crippen LogP contribution in [0.5, 0.6) is 12.0 Å². The van der Waals surface area contributed by atoms with Crippen molar-refractivity contribution in [1.29, 1.82) is 0 Å². The Bertz CT molecular complexity index is 689. The van der Waals surface area contributed by atoms with E-state index in [-0.39, 0.29) is 24.0 Å². The summed E-state index contributed by atoms with van der Waals surface area (Å²) in [4.78, 5) is 26.2. The molecule has 10 nitrogen and oxygen atoms in total. The predicted molar refractivity (Wildman–Crippen MR) is 79.6 cm³/mol. The van der Waals surface area contributed by atoms with Gasteiger partial charge in [-0.1, -0.05) is 0 Å². The largest absolute Gasteiger partial charge is 0.467 e. The molecule has 3 rings (SSSR count). The molecule has 0 unspecified atom stereocenters. The van der Waals surface area contributed by atoms with Gasteiger partial charge < -0.3 is 19.7 Å². The summed E-state index contributed by atoms with van der Waals surface area (Å²) in [5.74, 6) is 0.262. The number of aromatic nitrogens is 5. The fraction of sp³-hybridized carbons (Fsp3) is 0.462. The number of methoxy groups -OCH3 is 2. The predicted octanol–water partition coefficient (Wildman–Crippen LogP) is -0.759. The van der Waals surface area contributed by atoms with Gasteiger partial charge in [-0.05, 0) is 6.07 Å². The van der Waals surface area contributed by atoms with E-state index in [2.05, 4.69) is 25.4 Å². The quantitative estimate of drug-likeness (QED) is 0.766. The summed E-state index contributed by atoms with van der Waals surface area (Å²) in [5.41, 5.74) is 0.398. The second kappa shape index (κ2) is 6.07. The van der Waals surface area contributed by atoms with Crippen LogP contribution in [-0.4, -0.2) is 64.0 Å². The lowest BCUT2D eigenvalue weighted by molar-refractivity contribution is 0.0924. The van der Waals surface area contributed by atoms with E-state index in [0.29, 0.717) is 24.7 Å². The van der Waals surface area contributed by atoms with E-state index < -0.39 is 0 Å². The molecule has 2 aromatic heterocycles. The minimum Gasteiger partial charge on any atom is -0.467 e. The first-order chi connectivity index (χ1) is 11.1. The van der Waals surface area contributed by atoms with E-state index >= 15 is 0 Å². The van der Waals surface area contributed by atoms with Crippen LogP contribution in [0.25, 0.3) is 0 Å². The molecule has 0 aliphatic carbocycles. The van der Waals surface area contributed by atoms with Gasteiger partial charge in [0.05, 0.1) is 20.3 Å². The number of hydrogen-bond acceptors (Lipinski definition) is 8. The molecule has 1 amide bonds. The smallest absolute Gasteiger partial charge is 0.324 e. The molecule has 0 spiro atoms. The van der Waals surface area contributed by atoms with Gasteiger partial charge in [-0.3, -0.25) is 9.48 Å². The second-order valence-corrected chi connectivity index (χ2v) is 5.06. The van der Waals surface area contributed by atoms with Gasteiger partial charge in [0.15, 0.2) is 0 Å². The van der Waals surface area contributed by atoms with Crippen LogP contribution < -0.4 is 19.7 Å². The Kier molecular flexibility index (Phi) is 3.96. The second-order valence-electron chi connectivity index (χ2n) is 5.06. The molecular weight excluding hydrogens is 302 g/mol. The zero-order valence-corrected chi connectivity index (χ0v) is 13.1. The van der Waals surface area contributed by atoms with E-state index in [4.69, 9.17) is 9.47 Å². The van der Waals surface area contributed by atoms with Crippen molar-refractivity contribution in [2.45, 2.75) is 6.04 Å². The summed E-state index contributed by atoms with van der Waals surface area (Å²) in [5, 5.41) is 6.98. The Balaban J connectivity index is 1.59. The van der Waals surface area contributed by atoms with E-state index in [1.165, 1.54) is 14.2 Å². The van der Waals surface area contributed by atoms with Gasteiger partial charge in [0, 0.05) is 26.3 Å². The van der Waals surface area contributed by atoms with Crippen molar-refractivity contribution < 1.29 is 14.3 Å². The molecule has 2 aromatic rings. The molecule has 0 bridgehead atoms. The van der Waals surface area contributed by atoms with E-state index in [1.54, 1.807) is 24.0 Å². The molecule has 0 aromatic carbocycles. The number of amides is 1. The highest BCUT2D eigenvalue weighted by Crippen LogP contribution is 2.20. The van der Waals surface area contributed by atoms with Gasteiger partial charge in [0.1, 0.15) is 5.69 Å². The first-order valence-corrected chi connectivity index (χ1v) is 6.98. The summed E-state index contributed by atoms with van der Waals surface area (Å²) >= 11 is 0. The summed E-state index contributed by atoms with van der Waals surface area (Å²) in [7, 11) is 4.72. The summed E-state index contributed by atoms with van der Waals surface area (Å²) in [6, 6.07) is 2.06. The van der Waals surface area contributed by atoms with Crippen molar-refractivity contribution in [2.24, 2.45) is 7.05 Å². The highest BCUT2D eigenvalue weighted by Gasteiger charge is 2.31. The number of carbonyl (C=O) groups is 1. The Morgan fingerprint density at radius 2 is 1.87 bits per heavy atom. The van der Waals surface area contributed by atoms with Crippen molar-refractivity contribution in [3.8, 4) is 12.0 Å². The van der Waals surface area contributed by atoms with Gasteiger partial charge in [0.25, 0.3) is 5.91 Å². The number of nitrogens with zero attached hydrogens (tertiary/aromatic N) is 6. The topological polar surface area (TPSA) is 107 Å². The first-order valence-electron chi connectivity index (χ1n) is 6.98. The molecule has 23 heavy (non-hydrogen) atoms. The van der Waals surface area contributed by atoms with Gasteiger partial charge in [0.2, 0.25) is 5.95 Å². The number of anilines is 1. The molecule has 1 aliphatic heterocycles. The maximum Gasteiger partial charge on any atom is 0.324 e. The Labute approximate surface area is 132 Å². The third kappa shape index (κ3) is 3.15. The van der Waals surface area contributed by atoms with Gasteiger partial charge >= 0.3 is 12.0 Å². The Morgan fingerprint density at radius 1 is 1.22 bits per heavy atom. The van der Waals surface area contributed by atoms with E-state index in [1.807, 2.05) is 4.90 Å². The lowest BCUT2D eigenvalue weighted by Crippen LogP contribution is -2.60. The number of nitrogens with one attached hydrogen (secondary N) is 1. The third-order valence-corrected chi connectivity index (χ3v) is 3.39. The van der Waals surface area contributed by atoms with Crippen LogP contribution >= 0.6 is 0 Å². The van der Waals surface area contributed by atoms with Crippen LogP contribution in [0.2, 0.25) is 0 Å². The Hall–Kier alpha value is -2.91. The average Bonchev–Trinajstić information content (AvgIpc) is 2.96. The van der Waals surface area contributed by atoms with Crippen molar-refractivity contribution >= 4 is 11.9 Å². The molecular formula is C13H17N7O3. The summed E-state index contributed by atoms with van der Waals surface area (Å²) < 4.78 is 11.6. The minimum atomic E-state index is -0.193. The third-order valence-electron chi connectivity index (χ3n) is 3.39. The van der Waals surface area contributed by atoms with Crippen molar-refractivity contribution in [3.63, 3.8) is 0 Å². The van der Waals surface area contributed by atoms with Crippen molar-refractivity contribution in [1.82, 2.24) is 30.0 Å². The van der Waals surface area contributed by atoms with Crippen molar-refractivity contribution in [2.75, 3.05) is 32.2 Å². The molecule has 1 saturated heterocycles. The highest BCUT2D eigenvalue weighted by atomic mass is 16.5. The number of aryl methyl sites for hydroxylation is 1. The number of rotatable bonds is 5. The average molecular weight is 319 g/mol. The monoisotopic (exact) mass is 319 g/mol. The fourth-order valence-corrected chi connectivity index (χ4v) is 2.18. The minimum absolute atomic E-state index is 0.0123. The normalized spacial score (nSPS) is 14.3. The lowest BCUT2D eigenvalue weighted by Gasteiger charge is -2.39. The van der Waals surface area contributed by atoms with Gasteiger partial charge in [-0.25, -0.2) is 0 Å². The van der Waals surface area contributed by atoms with Gasteiger partial charge in [-0.2, -0.15) is 15.1 Å². The molecule has 10 heteroatoms. The maximum absolute atomic E-state index is 12.0. The van der Waals surface area contributed by atoms with Gasteiger partial charge in [-0.15, -0.1) is 4.98 Å². The van der Waals surface area contributed by atoms with E-state index in [9.17, 15) is 4.79 Å². The van der Waals surface area contributed by atoms with Crippen LogP contribution in [0.1, 0.15) is 10.5 Å². The SMILES string of the molecule is COc1nc(OC)nc(N2CC(NC(=O)c3ccn(C)n3)C2)n1.